The minimum atomic E-state index is -0.355. The number of amides is 2. The molecule has 0 aliphatic carbocycles. The fourth-order valence-electron chi connectivity index (χ4n) is 2.75. The van der Waals surface area contributed by atoms with Crippen LogP contribution >= 0.6 is 0 Å². The van der Waals surface area contributed by atoms with Crippen molar-refractivity contribution in [3.63, 3.8) is 0 Å². The van der Waals surface area contributed by atoms with E-state index in [2.05, 4.69) is 29.5 Å². The Morgan fingerprint density at radius 3 is 2.54 bits per heavy atom. The van der Waals surface area contributed by atoms with Crippen molar-refractivity contribution in [2.45, 2.75) is 20.3 Å². The molecular weight excluding hydrogens is 328 g/mol. The Morgan fingerprint density at radius 1 is 1.08 bits per heavy atom. The number of benzene rings is 1. The highest BCUT2D eigenvalue weighted by Crippen LogP contribution is 2.16. The van der Waals surface area contributed by atoms with E-state index in [-0.39, 0.29) is 18.4 Å². The summed E-state index contributed by atoms with van der Waals surface area (Å²) >= 11 is 0. The smallest absolute Gasteiger partial charge is 0.272 e. The van der Waals surface area contributed by atoms with E-state index in [1.807, 2.05) is 47.0 Å². The average molecular weight is 350 g/mol. The Balaban J connectivity index is 1.71. The molecule has 0 saturated carbocycles. The summed E-state index contributed by atoms with van der Waals surface area (Å²) in [5.41, 5.74) is 1.77. The highest BCUT2D eigenvalue weighted by molar-refractivity contribution is 6.02. The van der Waals surface area contributed by atoms with E-state index < -0.39 is 0 Å². The van der Waals surface area contributed by atoms with Crippen LogP contribution in [0.1, 0.15) is 30.2 Å². The molecule has 0 bridgehead atoms. The van der Waals surface area contributed by atoms with Gasteiger partial charge in [0, 0.05) is 18.3 Å². The number of carbonyl (C=O) groups is 2. The molecule has 3 rings (SSSR count). The first-order valence-corrected chi connectivity index (χ1v) is 8.63. The monoisotopic (exact) mass is 350 g/mol. The fraction of sp³-hybridized carbons (Fsp3) is 0.250. The first-order chi connectivity index (χ1) is 12.5. The molecule has 0 radical (unpaired) electrons. The maximum atomic E-state index is 12.5. The molecule has 6 heteroatoms. The van der Waals surface area contributed by atoms with Crippen LogP contribution in [0.25, 0.3) is 5.52 Å². The standard InChI is InChI=1S/C20H22N4O2/c1-14(2)12-17-23-19(16-10-6-7-11-24(16)17)20(26)21-13-18(25)22-15-8-4-3-5-9-15/h3-11,14H,12-13H2,1-2H3,(H,21,26)(H,22,25). The Bertz CT molecular complexity index is 916. The van der Waals surface area contributed by atoms with E-state index in [4.69, 9.17) is 0 Å². The highest BCUT2D eigenvalue weighted by atomic mass is 16.2. The minimum absolute atomic E-state index is 0.112. The highest BCUT2D eigenvalue weighted by Gasteiger charge is 2.18. The van der Waals surface area contributed by atoms with Crippen LogP contribution in [0.2, 0.25) is 0 Å². The second kappa shape index (κ2) is 7.82. The van der Waals surface area contributed by atoms with Gasteiger partial charge < -0.3 is 15.0 Å². The zero-order chi connectivity index (χ0) is 18.5. The second-order valence-electron chi connectivity index (χ2n) is 6.53. The van der Waals surface area contributed by atoms with Gasteiger partial charge in [0.2, 0.25) is 5.91 Å². The Labute approximate surface area is 152 Å². The number of para-hydroxylation sites is 1. The van der Waals surface area contributed by atoms with Gasteiger partial charge in [0.05, 0.1) is 12.1 Å². The molecule has 3 aromatic rings. The summed E-state index contributed by atoms with van der Waals surface area (Å²) in [6, 6.07) is 14.8. The van der Waals surface area contributed by atoms with Crippen molar-refractivity contribution < 1.29 is 9.59 Å². The van der Waals surface area contributed by atoms with Gasteiger partial charge in [0.25, 0.3) is 5.91 Å². The van der Waals surface area contributed by atoms with Gasteiger partial charge in [-0.25, -0.2) is 4.98 Å². The molecule has 26 heavy (non-hydrogen) atoms. The van der Waals surface area contributed by atoms with E-state index in [1.165, 1.54) is 0 Å². The van der Waals surface area contributed by atoms with E-state index in [0.29, 0.717) is 17.3 Å². The molecule has 0 aliphatic heterocycles. The van der Waals surface area contributed by atoms with Crippen molar-refractivity contribution in [3.05, 3.63) is 66.2 Å². The number of nitrogens with one attached hydrogen (secondary N) is 2. The van der Waals surface area contributed by atoms with Gasteiger partial charge in [0.15, 0.2) is 5.69 Å². The van der Waals surface area contributed by atoms with Gasteiger partial charge in [-0.05, 0) is 30.2 Å². The molecule has 2 N–H and O–H groups in total. The van der Waals surface area contributed by atoms with Crippen LogP contribution in [-0.4, -0.2) is 27.7 Å². The molecule has 0 atom stereocenters. The Morgan fingerprint density at radius 2 is 1.81 bits per heavy atom. The number of pyridine rings is 1. The molecule has 0 fully saturated rings. The molecule has 0 saturated heterocycles. The topological polar surface area (TPSA) is 75.5 Å². The number of aromatic nitrogens is 2. The summed E-state index contributed by atoms with van der Waals surface area (Å²) < 4.78 is 1.93. The van der Waals surface area contributed by atoms with Crippen LogP contribution in [0, 0.1) is 5.92 Å². The van der Waals surface area contributed by atoms with Gasteiger partial charge in [-0.2, -0.15) is 0 Å². The van der Waals surface area contributed by atoms with Crippen molar-refractivity contribution in [1.29, 1.82) is 0 Å². The molecule has 2 amide bonds. The van der Waals surface area contributed by atoms with E-state index in [0.717, 1.165) is 17.8 Å². The maximum Gasteiger partial charge on any atom is 0.272 e. The van der Waals surface area contributed by atoms with Crippen molar-refractivity contribution in [2.75, 3.05) is 11.9 Å². The van der Waals surface area contributed by atoms with Crippen LogP contribution in [0.4, 0.5) is 5.69 Å². The first kappa shape index (κ1) is 17.7. The van der Waals surface area contributed by atoms with Crippen LogP contribution < -0.4 is 10.6 Å². The van der Waals surface area contributed by atoms with Crippen molar-refractivity contribution >= 4 is 23.0 Å². The number of imidazole rings is 1. The van der Waals surface area contributed by atoms with E-state index in [9.17, 15) is 9.59 Å². The zero-order valence-corrected chi connectivity index (χ0v) is 14.9. The number of carbonyl (C=O) groups excluding carboxylic acids is 2. The van der Waals surface area contributed by atoms with Crippen molar-refractivity contribution in [3.8, 4) is 0 Å². The fourth-order valence-corrected chi connectivity index (χ4v) is 2.75. The van der Waals surface area contributed by atoms with Crippen LogP contribution in [-0.2, 0) is 11.2 Å². The lowest BCUT2D eigenvalue weighted by atomic mass is 10.1. The van der Waals surface area contributed by atoms with Crippen molar-refractivity contribution in [2.24, 2.45) is 5.92 Å². The Hall–Kier alpha value is -3.15. The number of nitrogens with zero attached hydrogens (tertiary/aromatic N) is 2. The molecule has 134 valence electrons. The molecule has 0 spiro atoms. The summed E-state index contributed by atoms with van der Waals surface area (Å²) in [6.07, 6.45) is 2.67. The minimum Gasteiger partial charge on any atom is -0.342 e. The first-order valence-electron chi connectivity index (χ1n) is 8.63. The lowest BCUT2D eigenvalue weighted by Crippen LogP contribution is -2.33. The molecule has 0 aliphatic rings. The third kappa shape index (κ3) is 4.08. The quantitative estimate of drug-likeness (QED) is 0.718. The summed E-state index contributed by atoms with van der Waals surface area (Å²) in [6.45, 7) is 4.11. The van der Waals surface area contributed by atoms with Gasteiger partial charge in [0.1, 0.15) is 5.82 Å². The van der Waals surface area contributed by atoms with E-state index in [1.54, 1.807) is 12.1 Å². The summed E-state index contributed by atoms with van der Waals surface area (Å²) in [7, 11) is 0. The van der Waals surface area contributed by atoms with E-state index >= 15 is 0 Å². The average Bonchev–Trinajstić information content (AvgIpc) is 2.99. The predicted molar refractivity (Wildman–Crippen MR) is 101 cm³/mol. The number of hydrogen-bond donors (Lipinski definition) is 2. The Kier molecular flexibility index (Phi) is 5.31. The lowest BCUT2D eigenvalue weighted by molar-refractivity contribution is -0.115. The number of anilines is 1. The lowest BCUT2D eigenvalue weighted by Gasteiger charge is -2.06. The van der Waals surface area contributed by atoms with Crippen LogP contribution in [0.15, 0.2) is 54.7 Å². The maximum absolute atomic E-state index is 12.5. The third-order valence-electron chi connectivity index (χ3n) is 3.89. The van der Waals surface area contributed by atoms with Crippen LogP contribution in [0.3, 0.4) is 0 Å². The second-order valence-corrected chi connectivity index (χ2v) is 6.53. The summed E-state index contributed by atoms with van der Waals surface area (Å²) in [5.74, 6) is 0.630. The number of hydrogen-bond acceptors (Lipinski definition) is 3. The van der Waals surface area contributed by atoms with Crippen molar-refractivity contribution in [1.82, 2.24) is 14.7 Å². The third-order valence-corrected chi connectivity index (χ3v) is 3.89. The molecule has 2 aromatic heterocycles. The summed E-state index contributed by atoms with van der Waals surface area (Å²) in [4.78, 5) is 29.1. The van der Waals surface area contributed by atoms with Crippen LogP contribution in [0.5, 0.6) is 0 Å². The number of rotatable bonds is 6. The molecule has 1 aromatic carbocycles. The zero-order valence-electron chi connectivity index (χ0n) is 14.9. The largest absolute Gasteiger partial charge is 0.342 e. The summed E-state index contributed by atoms with van der Waals surface area (Å²) in [5, 5.41) is 5.39. The van der Waals surface area contributed by atoms with Gasteiger partial charge in [-0.15, -0.1) is 0 Å². The molecule has 6 nitrogen and oxygen atoms in total. The molecular formula is C20H22N4O2. The van der Waals surface area contributed by atoms with Gasteiger partial charge >= 0.3 is 0 Å². The molecule has 2 heterocycles. The normalized spacial score (nSPS) is 10.9. The predicted octanol–water partition coefficient (Wildman–Crippen LogP) is 2.90. The van der Waals surface area contributed by atoms with Gasteiger partial charge in [-0.3, -0.25) is 9.59 Å². The van der Waals surface area contributed by atoms with Gasteiger partial charge in [-0.1, -0.05) is 38.1 Å². The SMILES string of the molecule is CC(C)Cc1nc(C(=O)NCC(=O)Nc2ccccc2)c2ccccn12. The molecule has 0 unspecified atom stereocenters. The number of fused-ring (bicyclic) bond motifs is 1.